The Morgan fingerprint density at radius 3 is 2.44 bits per heavy atom. The zero-order valence-corrected chi connectivity index (χ0v) is 15.8. The largest absolute Gasteiger partial charge is 0.315 e. The lowest BCUT2D eigenvalue weighted by Gasteiger charge is -2.24. The Morgan fingerprint density at radius 1 is 1.16 bits per heavy atom. The first-order valence-electron chi connectivity index (χ1n) is 8.59. The number of hydrogen-bond donors (Lipinski definition) is 0. The Hall–Kier alpha value is -2.14. The van der Waals surface area contributed by atoms with Gasteiger partial charge in [-0.25, -0.2) is 9.97 Å². The minimum Gasteiger partial charge on any atom is -0.315 e. The lowest BCUT2D eigenvalue weighted by molar-refractivity contribution is 0.338. The van der Waals surface area contributed by atoms with Crippen molar-refractivity contribution in [3.05, 3.63) is 51.8 Å². The van der Waals surface area contributed by atoms with E-state index in [4.69, 9.17) is 16.6 Å². The first-order valence-corrected chi connectivity index (χ1v) is 8.97. The number of aromatic nitrogens is 4. The molecule has 0 saturated carbocycles. The topological polar surface area (TPSA) is 52.7 Å². The van der Waals surface area contributed by atoms with Crippen LogP contribution in [0.4, 0.5) is 0 Å². The van der Waals surface area contributed by atoms with Gasteiger partial charge in [0.15, 0.2) is 11.2 Å². The van der Waals surface area contributed by atoms with Gasteiger partial charge in [-0.2, -0.15) is 0 Å². The third-order valence-electron chi connectivity index (χ3n) is 4.73. The van der Waals surface area contributed by atoms with Crippen LogP contribution in [0.25, 0.3) is 16.9 Å². The quantitative estimate of drug-likeness (QED) is 0.685. The summed E-state index contributed by atoms with van der Waals surface area (Å²) in [5, 5.41) is 0.636. The molecule has 132 valence electrons. The van der Waals surface area contributed by atoms with Crippen LogP contribution in [0.2, 0.25) is 5.02 Å². The van der Waals surface area contributed by atoms with Crippen LogP contribution in [0.1, 0.15) is 39.9 Å². The first kappa shape index (κ1) is 17.7. The molecule has 0 bridgehead atoms. The zero-order chi connectivity index (χ0) is 18.2. The van der Waals surface area contributed by atoms with E-state index in [0.29, 0.717) is 22.6 Å². The van der Waals surface area contributed by atoms with Crippen LogP contribution < -0.4 is 5.56 Å². The van der Waals surface area contributed by atoms with Gasteiger partial charge in [-0.1, -0.05) is 38.8 Å². The van der Waals surface area contributed by atoms with Crippen LogP contribution in [-0.2, 0) is 13.0 Å². The maximum atomic E-state index is 13.2. The second-order valence-electron chi connectivity index (χ2n) is 7.04. The molecule has 0 amide bonds. The van der Waals surface area contributed by atoms with Crippen molar-refractivity contribution in [1.82, 2.24) is 19.1 Å². The minimum atomic E-state index is -0.138. The van der Waals surface area contributed by atoms with E-state index in [1.54, 1.807) is 23.0 Å². The molecule has 3 aromatic rings. The second-order valence-corrected chi connectivity index (χ2v) is 7.48. The molecule has 25 heavy (non-hydrogen) atoms. The number of benzene rings is 1. The molecule has 0 N–H and O–H groups in total. The number of fused-ring (bicyclic) bond motifs is 1. The number of hydrogen-bond acceptors (Lipinski definition) is 3. The monoisotopic (exact) mass is 358 g/mol. The molecule has 0 fully saturated rings. The highest BCUT2D eigenvalue weighted by molar-refractivity contribution is 6.30. The third-order valence-corrected chi connectivity index (χ3v) is 4.98. The van der Waals surface area contributed by atoms with Crippen molar-refractivity contribution in [1.29, 1.82) is 0 Å². The number of rotatable bonds is 5. The fraction of sp³-hybridized carbons (Fsp3) is 0.421. The van der Waals surface area contributed by atoms with Crippen LogP contribution in [0.15, 0.2) is 35.4 Å². The highest BCUT2D eigenvalue weighted by atomic mass is 35.5. The van der Waals surface area contributed by atoms with Crippen molar-refractivity contribution in [3.8, 4) is 5.69 Å². The molecule has 0 atom stereocenters. The fourth-order valence-electron chi connectivity index (χ4n) is 2.80. The molecule has 6 heteroatoms. The van der Waals surface area contributed by atoms with E-state index in [9.17, 15) is 4.79 Å². The van der Waals surface area contributed by atoms with Gasteiger partial charge in [0, 0.05) is 18.0 Å². The molecular formula is C19H23ClN4O. The molecule has 0 unspecified atom stereocenters. The maximum Gasteiger partial charge on any atom is 0.286 e. The van der Waals surface area contributed by atoms with Crippen LogP contribution in [0.5, 0.6) is 0 Å². The van der Waals surface area contributed by atoms with Crippen LogP contribution in [0.3, 0.4) is 0 Å². The smallest absolute Gasteiger partial charge is 0.286 e. The van der Waals surface area contributed by atoms with Gasteiger partial charge in [-0.3, -0.25) is 9.36 Å². The Labute approximate surface area is 152 Å². The summed E-state index contributed by atoms with van der Waals surface area (Å²) in [5.41, 5.74) is 1.71. The van der Waals surface area contributed by atoms with E-state index in [2.05, 4.69) is 25.8 Å². The standard InChI is InChI=1S/C19H23ClN4O/c1-5-19(3,4)11-15-22-17-16(21-12-23(17)6-2)18(25)24(15)14-9-7-13(20)8-10-14/h7-10,12H,5-6,11H2,1-4H3. The molecular weight excluding hydrogens is 336 g/mol. The summed E-state index contributed by atoms with van der Waals surface area (Å²) >= 11 is 6.01. The number of nitrogens with zero attached hydrogens (tertiary/aromatic N) is 4. The Balaban J connectivity index is 2.30. The van der Waals surface area contributed by atoms with Gasteiger partial charge in [-0.05, 0) is 36.6 Å². The summed E-state index contributed by atoms with van der Waals surface area (Å²) in [6, 6.07) is 7.26. The van der Waals surface area contributed by atoms with E-state index in [0.717, 1.165) is 24.5 Å². The van der Waals surface area contributed by atoms with E-state index < -0.39 is 0 Å². The second kappa shape index (κ2) is 6.64. The summed E-state index contributed by atoms with van der Waals surface area (Å²) in [7, 11) is 0. The Bertz CT molecular complexity index is 954. The first-order chi connectivity index (χ1) is 11.9. The number of imidazole rings is 1. The van der Waals surface area contributed by atoms with Gasteiger partial charge in [0.25, 0.3) is 5.56 Å². The van der Waals surface area contributed by atoms with Crippen molar-refractivity contribution in [3.63, 3.8) is 0 Å². The Morgan fingerprint density at radius 2 is 1.84 bits per heavy atom. The summed E-state index contributed by atoms with van der Waals surface area (Å²) in [6.07, 6.45) is 3.38. The normalized spacial score (nSPS) is 12.0. The van der Waals surface area contributed by atoms with Crippen LogP contribution >= 0.6 is 11.6 Å². The molecule has 0 aliphatic rings. The average Bonchev–Trinajstić information content (AvgIpc) is 2.99. The number of halogens is 1. The molecule has 0 saturated heterocycles. The third kappa shape index (κ3) is 3.33. The Kier molecular flexibility index (Phi) is 4.69. The summed E-state index contributed by atoms with van der Waals surface area (Å²) in [6.45, 7) is 9.27. The zero-order valence-electron chi connectivity index (χ0n) is 15.1. The highest BCUT2D eigenvalue weighted by Crippen LogP contribution is 2.26. The van der Waals surface area contributed by atoms with Crippen molar-refractivity contribution >= 4 is 22.8 Å². The predicted molar refractivity (Wildman–Crippen MR) is 102 cm³/mol. The molecule has 0 aliphatic carbocycles. The lowest BCUT2D eigenvalue weighted by atomic mass is 9.86. The van der Waals surface area contributed by atoms with Crippen LogP contribution in [-0.4, -0.2) is 19.1 Å². The predicted octanol–water partition coefficient (Wildman–Crippen LogP) is 4.23. The van der Waals surface area contributed by atoms with Gasteiger partial charge in [0.2, 0.25) is 0 Å². The van der Waals surface area contributed by atoms with Crippen LogP contribution in [0, 0.1) is 5.41 Å². The van der Waals surface area contributed by atoms with E-state index in [1.807, 2.05) is 23.6 Å². The molecule has 1 aromatic carbocycles. The molecule has 2 aromatic heterocycles. The van der Waals surface area contributed by atoms with Gasteiger partial charge in [0.05, 0.1) is 12.0 Å². The lowest BCUT2D eigenvalue weighted by Crippen LogP contribution is -2.28. The molecule has 5 nitrogen and oxygen atoms in total. The average molecular weight is 359 g/mol. The van der Waals surface area contributed by atoms with Crippen molar-refractivity contribution in [2.45, 2.75) is 47.1 Å². The van der Waals surface area contributed by atoms with Gasteiger partial charge < -0.3 is 4.57 Å². The van der Waals surface area contributed by atoms with Gasteiger partial charge in [0.1, 0.15) is 5.82 Å². The van der Waals surface area contributed by atoms with Crippen molar-refractivity contribution in [2.24, 2.45) is 5.41 Å². The molecule has 3 rings (SSSR count). The van der Waals surface area contributed by atoms with E-state index in [1.165, 1.54) is 0 Å². The summed E-state index contributed by atoms with van der Waals surface area (Å²) < 4.78 is 3.58. The molecule has 0 spiro atoms. The maximum absolute atomic E-state index is 13.2. The van der Waals surface area contributed by atoms with E-state index in [-0.39, 0.29) is 11.0 Å². The minimum absolute atomic E-state index is 0.0400. The molecule has 0 aliphatic heterocycles. The SMILES string of the molecule is CCn1cnc2c(=O)n(-c3ccc(Cl)cc3)c(CC(C)(C)CC)nc21. The summed E-state index contributed by atoms with van der Waals surface area (Å²) in [4.78, 5) is 22.3. The number of aryl methyl sites for hydroxylation is 1. The van der Waals surface area contributed by atoms with Gasteiger partial charge >= 0.3 is 0 Å². The summed E-state index contributed by atoms with van der Waals surface area (Å²) in [5.74, 6) is 0.752. The van der Waals surface area contributed by atoms with E-state index >= 15 is 0 Å². The fourth-order valence-corrected chi connectivity index (χ4v) is 2.92. The van der Waals surface area contributed by atoms with Gasteiger partial charge in [-0.15, -0.1) is 0 Å². The highest BCUT2D eigenvalue weighted by Gasteiger charge is 2.23. The van der Waals surface area contributed by atoms with Crippen molar-refractivity contribution < 1.29 is 0 Å². The van der Waals surface area contributed by atoms with Crippen molar-refractivity contribution in [2.75, 3.05) is 0 Å². The molecule has 2 heterocycles. The molecule has 0 radical (unpaired) electrons.